The van der Waals surface area contributed by atoms with Crippen molar-refractivity contribution in [2.75, 3.05) is 26.9 Å². The minimum absolute atomic E-state index is 0.160. The second-order valence-electron chi connectivity index (χ2n) is 6.92. The number of hydrogen-bond acceptors (Lipinski definition) is 7. The highest BCUT2D eigenvalue weighted by Crippen LogP contribution is 2.33. The van der Waals surface area contributed by atoms with E-state index in [9.17, 15) is 10.1 Å². The van der Waals surface area contributed by atoms with E-state index in [-0.39, 0.29) is 25.5 Å². The van der Waals surface area contributed by atoms with E-state index in [1.165, 1.54) is 0 Å². The first-order valence-corrected chi connectivity index (χ1v) is 9.83. The molecule has 158 valence electrons. The minimum atomic E-state index is -1.09. The van der Waals surface area contributed by atoms with Crippen molar-refractivity contribution in [2.45, 2.75) is 38.6 Å². The maximum absolute atomic E-state index is 10.1. The summed E-state index contributed by atoms with van der Waals surface area (Å²) >= 11 is 0. The number of benzene rings is 1. The molecule has 0 bridgehead atoms. The molecule has 0 saturated carbocycles. The van der Waals surface area contributed by atoms with E-state index in [1.54, 1.807) is 26.4 Å². The highest BCUT2D eigenvalue weighted by molar-refractivity contribution is 6.43. The summed E-state index contributed by atoms with van der Waals surface area (Å²) in [5, 5.41) is 28.9. The fraction of sp³-hybridized carbons (Fsp3) is 0.476. The zero-order chi connectivity index (χ0) is 21.2. The van der Waals surface area contributed by atoms with Crippen LogP contribution in [0.5, 0.6) is 11.5 Å². The molecule has 0 unspecified atom stereocenters. The van der Waals surface area contributed by atoms with E-state index in [2.05, 4.69) is 4.98 Å². The third kappa shape index (κ3) is 6.71. The summed E-state index contributed by atoms with van der Waals surface area (Å²) in [4.78, 5) is 4.30. The maximum Gasteiger partial charge on any atom is 0.455 e. The number of methoxy groups -OCH3 is 1. The Kier molecular flexibility index (Phi) is 9.40. The lowest BCUT2D eigenvalue weighted by Crippen LogP contribution is -2.28. The summed E-state index contributed by atoms with van der Waals surface area (Å²) in [6.45, 7) is 3.96. The molecular weight excluding hydrogens is 373 g/mol. The Hall–Kier alpha value is -2.13. The number of ether oxygens (including phenoxy) is 2. The zero-order valence-electron chi connectivity index (χ0n) is 17.2. The second-order valence-corrected chi connectivity index (χ2v) is 6.92. The van der Waals surface area contributed by atoms with Gasteiger partial charge in [0.2, 0.25) is 0 Å². The summed E-state index contributed by atoms with van der Waals surface area (Å²) in [5.41, 5.74) is 2.56. The summed E-state index contributed by atoms with van der Waals surface area (Å²) in [7, 11) is 0.514. The van der Waals surface area contributed by atoms with Gasteiger partial charge in [-0.3, -0.25) is 4.98 Å². The van der Waals surface area contributed by atoms with Gasteiger partial charge in [-0.25, -0.2) is 0 Å². The first kappa shape index (κ1) is 23.2. The Balaban J connectivity index is 2.23. The van der Waals surface area contributed by atoms with Crippen molar-refractivity contribution < 1.29 is 29.4 Å². The molecule has 0 amide bonds. The third-order valence-electron chi connectivity index (χ3n) is 4.54. The number of aliphatic hydroxyl groups is 2. The van der Waals surface area contributed by atoms with Crippen LogP contribution >= 0.6 is 0 Å². The number of aromatic nitrogens is 1. The molecule has 0 fully saturated rings. The molecule has 0 spiro atoms. The number of nitrogens with zero attached hydrogens (tertiary/aromatic N) is 1. The van der Waals surface area contributed by atoms with E-state index in [1.807, 2.05) is 31.2 Å². The summed E-state index contributed by atoms with van der Waals surface area (Å²) in [6, 6.07) is 7.61. The van der Waals surface area contributed by atoms with Crippen LogP contribution in [0.25, 0.3) is 11.1 Å². The van der Waals surface area contributed by atoms with Crippen molar-refractivity contribution in [1.82, 2.24) is 4.98 Å². The monoisotopic (exact) mass is 403 g/mol. The number of aliphatic hydroxyl groups excluding tert-OH is 2. The minimum Gasteiger partial charge on any atom is -0.493 e. The zero-order valence-corrected chi connectivity index (χ0v) is 17.2. The van der Waals surface area contributed by atoms with Gasteiger partial charge in [-0.2, -0.15) is 0 Å². The van der Waals surface area contributed by atoms with Crippen LogP contribution in [0.3, 0.4) is 0 Å². The number of rotatable bonds is 12. The van der Waals surface area contributed by atoms with E-state index in [4.69, 9.17) is 19.2 Å². The lowest BCUT2D eigenvalue weighted by atomic mass is 9.75. The Morgan fingerprint density at radius 2 is 1.86 bits per heavy atom. The van der Waals surface area contributed by atoms with Crippen LogP contribution in [0.4, 0.5) is 0 Å². The Morgan fingerprint density at radius 1 is 1.07 bits per heavy atom. The standard InChI is InChI=1S/C21H30BNO6/c1-4-7-28-21-9-16(5-6-20(21)27-3)17-8-18(12-23-11-17)19(14-25)10-22(26)29-15(2)13-24/h5-6,8-9,11-12,15,19,24-26H,4,7,10,13-14H2,1-3H3/t15-,19-/m1/s1. The van der Waals surface area contributed by atoms with Crippen molar-refractivity contribution in [3.63, 3.8) is 0 Å². The summed E-state index contributed by atoms with van der Waals surface area (Å²) in [6.07, 6.45) is 4.02. The molecule has 7 nitrogen and oxygen atoms in total. The molecule has 3 N–H and O–H groups in total. The molecule has 29 heavy (non-hydrogen) atoms. The fourth-order valence-corrected chi connectivity index (χ4v) is 2.95. The van der Waals surface area contributed by atoms with Gasteiger partial charge >= 0.3 is 7.12 Å². The Bertz CT molecular complexity index is 760. The molecule has 0 aliphatic carbocycles. The lowest BCUT2D eigenvalue weighted by Gasteiger charge is -2.19. The van der Waals surface area contributed by atoms with Crippen molar-refractivity contribution in [3.8, 4) is 22.6 Å². The van der Waals surface area contributed by atoms with Gasteiger partial charge in [-0.1, -0.05) is 13.0 Å². The Labute approximate surface area is 172 Å². The molecule has 2 atom stereocenters. The van der Waals surface area contributed by atoms with Crippen molar-refractivity contribution in [2.24, 2.45) is 0 Å². The van der Waals surface area contributed by atoms with Gasteiger partial charge in [-0.15, -0.1) is 0 Å². The van der Waals surface area contributed by atoms with Gasteiger partial charge in [0.15, 0.2) is 11.5 Å². The topological polar surface area (TPSA) is 101 Å². The van der Waals surface area contributed by atoms with Crippen LogP contribution < -0.4 is 9.47 Å². The molecule has 1 aromatic heterocycles. The largest absolute Gasteiger partial charge is 0.493 e. The lowest BCUT2D eigenvalue weighted by molar-refractivity contribution is 0.107. The fourth-order valence-electron chi connectivity index (χ4n) is 2.95. The normalized spacial score (nSPS) is 13.0. The van der Waals surface area contributed by atoms with Gasteiger partial charge in [0.25, 0.3) is 0 Å². The molecule has 1 heterocycles. The molecule has 0 aliphatic heterocycles. The molecule has 0 aliphatic rings. The van der Waals surface area contributed by atoms with E-state index < -0.39 is 13.2 Å². The first-order valence-electron chi connectivity index (χ1n) is 9.83. The van der Waals surface area contributed by atoms with Crippen LogP contribution in [0.1, 0.15) is 31.7 Å². The SMILES string of the molecule is CCCOc1cc(-c2cncc([C@@H](CO)CB(O)O[C@H](C)CO)c2)ccc1OC. The van der Waals surface area contributed by atoms with Crippen LogP contribution in [-0.4, -0.2) is 60.4 Å². The van der Waals surface area contributed by atoms with Gasteiger partial charge < -0.3 is 29.4 Å². The van der Waals surface area contributed by atoms with E-state index >= 15 is 0 Å². The molecule has 8 heteroatoms. The van der Waals surface area contributed by atoms with Crippen LogP contribution in [0, 0.1) is 0 Å². The molecular formula is C21H30BNO6. The van der Waals surface area contributed by atoms with Crippen molar-refractivity contribution >= 4 is 7.12 Å². The average Bonchev–Trinajstić information content (AvgIpc) is 2.75. The molecule has 2 aromatic rings. The first-order chi connectivity index (χ1) is 14.0. The highest BCUT2D eigenvalue weighted by atomic mass is 16.5. The van der Waals surface area contributed by atoms with Gasteiger partial charge in [0, 0.05) is 30.5 Å². The third-order valence-corrected chi connectivity index (χ3v) is 4.54. The highest BCUT2D eigenvalue weighted by Gasteiger charge is 2.24. The number of pyridine rings is 1. The summed E-state index contributed by atoms with van der Waals surface area (Å²) < 4.78 is 16.4. The molecule has 0 radical (unpaired) electrons. The van der Waals surface area contributed by atoms with E-state index in [0.29, 0.717) is 18.1 Å². The quantitative estimate of drug-likeness (QED) is 0.468. The second kappa shape index (κ2) is 11.8. The predicted octanol–water partition coefficient (Wildman–Crippen LogP) is 2.50. The molecule has 1 aromatic carbocycles. The Morgan fingerprint density at radius 3 is 2.52 bits per heavy atom. The van der Waals surface area contributed by atoms with Gasteiger partial charge in [0.05, 0.1) is 26.4 Å². The van der Waals surface area contributed by atoms with Crippen LogP contribution in [0.15, 0.2) is 36.7 Å². The summed E-state index contributed by atoms with van der Waals surface area (Å²) in [5.74, 6) is 0.980. The number of hydrogen-bond donors (Lipinski definition) is 3. The molecule has 0 saturated heterocycles. The van der Waals surface area contributed by atoms with Crippen LogP contribution in [-0.2, 0) is 4.65 Å². The van der Waals surface area contributed by atoms with Crippen LogP contribution in [0.2, 0.25) is 6.32 Å². The predicted molar refractivity (Wildman–Crippen MR) is 112 cm³/mol. The van der Waals surface area contributed by atoms with Crippen molar-refractivity contribution in [1.29, 1.82) is 0 Å². The van der Waals surface area contributed by atoms with Crippen molar-refractivity contribution in [3.05, 3.63) is 42.2 Å². The van der Waals surface area contributed by atoms with Gasteiger partial charge in [0.1, 0.15) is 0 Å². The average molecular weight is 403 g/mol. The smallest absolute Gasteiger partial charge is 0.455 e. The van der Waals surface area contributed by atoms with E-state index in [0.717, 1.165) is 23.1 Å². The maximum atomic E-state index is 10.1. The molecule has 2 rings (SSSR count). The van der Waals surface area contributed by atoms with Gasteiger partial charge in [-0.05, 0) is 49.0 Å².